The third kappa shape index (κ3) is 3.09. The molecule has 1 rings (SSSR count). The molecule has 0 spiro atoms. The van der Waals surface area contributed by atoms with Crippen LogP contribution in [0.4, 0.5) is 0 Å². The average Bonchev–Trinajstić information content (AvgIpc) is 2.36. The summed E-state index contributed by atoms with van der Waals surface area (Å²) in [6.07, 6.45) is -0.669. The number of rotatable bonds is 5. The van der Waals surface area contributed by atoms with E-state index in [0.29, 0.717) is 5.56 Å². The molecule has 0 unspecified atom stereocenters. The molecule has 0 aromatic heterocycles. The van der Waals surface area contributed by atoms with Gasteiger partial charge in [0, 0.05) is 12.6 Å². The Labute approximate surface area is 110 Å². The molecule has 0 aliphatic rings. The Morgan fingerprint density at radius 1 is 1.16 bits per heavy atom. The highest BCUT2D eigenvalue weighted by Crippen LogP contribution is 2.21. The summed E-state index contributed by atoms with van der Waals surface area (Å²) in [5.74, 6) is -3.17. The first kappa shape index (κ1) is 14.7. The molecule has 1 aromatic carbocycles. The summed E-state index contributed by atoms with van der Waals surface area (Å²) in [5.41, 5.74) is -1.48. The molecule has 2 N–H and O–H groups in total. The van der Waals surface area contributed by atoms with Crippen LogP contribution in [0.3, 0.4) is 0 Å². The Morgan fingerprint density at radius 2 is 1.68 bits per heavy atom. The minimum atomic E-state index is -1.79. The van der Waals surface area contributed by atoms with Gasteiger partial charge in [-0.05, 0) is 19.1 Å². The van der Waals surface area contributed by atoms with Gasteiger partial charge in [-0.1, -0.05) is 18.2 Å². The largest absolute Gasteiger partial charge is 0.481 e. The van der Waals surface area contributed by atoms with Crippen molar-refractivity contribution in [2.24, 2.45) is 0 Å². The summed E-state index contributed by atoms with van der Waals surface area (Å²) < 4.78 is 0. The van der Waals surface area contributed by atoms with Gasteiger partial charge in [0.15, 0.2) is 0 Å². The van der Waals surface area contributed by atoms with Gasteiger partial charge in [-0.15, -0.1) is 0 Å². The highest BCUT2D eigenvalue weighted by molar-refractivity contribution is 5.98. The number of aliphatic carboxylic acids is 2. The van der Waals surface area contributed by atoms with Crippen molar-refractivity contribution >= 4 is 17.8 Å². The van der Waals surface area contributed by atoms with Crippen LogP contribution in [-0.4, -0.2) is 45.5 Å². The van der Waals surface area contributed by atoms with Crippen molar-refractivity contribution < 1.29 is 24.6 Å². The van der Waals surface area contributed by atoms with Crippen molar-refractivity contribution in [2.75, 3.05) is 7.05 Å². The lowest BCUT2D eigenvalue weighted by molar-refractivity contribution is -0.154. The third-order valence-electron chi connectivity index (χ3n) is 3.02. The molecule has 0 saturated heterocycles. The standard InChI is InChI=1S/C13H15NO5/c1-13(12(18)19,8-10(15)16)14(2)11(17)9-6-4-3-5-7-9/h3-7H,8H2,1-2H3,(H,15,16)(H,18,19)/t13-/m0/s1. The van der Waals surface area contributed by atoms with Gasteiger partial charge in [-0.3, -0.25) is 9.59 Å². The molecule has 1 aromatic rings. The van der Waals surface area contributed by atoms with Crippen molar-refractivity contribution in [1.82, 2.24) is 4.90 Å². The molecule has 0 saturated carbocycles. The first-order valence-electron chi connectivity index (χ1n) is 5.57. The molecular weight excluding hydrogens is 250 g/mol. The van der Waals surface area contributed by atoms with Crippen molar-refractivity contribution in [3.05, 3.63) is 35.9 Å². The summed E-state index contributed by atoms with van der Waals surface area (Å²) in [6, 6.07) is 8.11. The number of carboxylic acid groups (broad SMARTS) is 2. The first-order valence-corrected chi connectivity index (χ1v) is 5.57. The van der Waals surface area contributed by atoms with E-state index in [-0.39, 0.29) is 0 Å². The third-order valence-corrected chi connectivity index (χ3v) is 3.02. The zero-order valence-electron chi connectivity index (χ0n) is 10.7. The van der Waals surface area contributed by atoms with E-state index in [0.717, 1.165) is 4.90 Å². The lowest BCUT2D eigenvalue weighted by Crippen LogP contribution is -2.54. The Kier molecular flexibility index (Phi) is 4.26. The van der Waals surface area contributed by atoms with E-state index in [1.165, 1.54) is 14.0 Å². The smallest absolute Gasteiger partial charge is 0.329 e. The second kappa shape index (κ2) is 5.51. The molecule has 0 aliphatic carbocycles. The number of carbonyl (C=O) groups excluding carboxylic acids is 1. The maximum atomic E-state index is 12.1. The highest BCUT2D eigenvalue weighted by atomic mass is 16.4. The number of hydrogen-bond donors (Lipinski definition) is 2. The summed E-state index contributed by atoms with van der Waals surface area (Å²) in [6.45, 7) is 1.21. The molecule has 0 heterocycles. The number of carboxylic acids is 2. The maximum Gasteiger partial charge on any atom is 0.329 e. The zero-order valence-corrected chi connectivity index (χ0v) is 10.7. The Bertz CT molecular complexity index is 499. The topological polar surface area (TPSA) is 94.9 Å². The molecule has 0 fully saturated rings. The first-order chi connectivity index (χ1) is 8.79. The number of nitrogens with zero attached hydrogens (tertiary/aromatic N) is 1. The Hall–Kier alpha value is -2.37. The van der Waals surface area contributed by atoms with E-state index in [1.54, 1.807) is 30.3 Å². The van der Waals surface area contributed by atoms with Crippen LogP contribution in [0, 0.1) is 0 Å². The van der Waals surface area contributed by atoms with E-state index in [4.69, 9.17) is 5.11 Å². The minimum absolute atomic E-state index is 0.308. The summed E-state index contributed by atoms with van der Waals surface area (Å²) in [4.78, 5) is 35.1. The van der Waals surface area contributed by atoms with Crippen LogP contribution in [0.25, 0.3) is 0 Å². The maximum absolute atomic E-state index is 12.1. The monoisotopic (exact) mass is 265 g/mol. The number of amides is 1. The molecule has 1 amide bonds. The van der Waals surface area contributed by atoms with Gasteiger partial charge in [-0.25, -0.2) is 4.79 Å². The molecule has 0 radical (unpaired) electrons. The van der Waals surface area contributed by atoms with Crippen molar-refractivity contribution in [2.45, 2.75) is 18.9 Å². The van der Waals surface area contributed by atoms with Gasteiger partial charge in [0.05, 0.1) is 6.42 Å². The van der Waals surface area contributed by atoms with E-state index >= 15 is 0 Å². The fourth-order valence-electron chi connectivity index (χ4n) is 1.63. The van der Waals surface area contributed by atoms with Crippen molar-refractivity contribution in [1.29, 1.82) is 0 Å². The minimum Gasteiger partial charge on any atom is -0.481 e. The predicted molar refractivity (Wildman–Crippen MR) is 66.8 cm³/mol. The van der Waals surface area contributed by atoms with Crippen LogP contribution >= 0.6 is 0 Å². The van der Waals surface area contributed by atoms with Gasteiger partial charge < -0.3 is 15.1 Å². The molecule has 6 heteroatoms. The summed E-state index contributed by atoms with van der Waals surface area (Å²) in [7, 11) is 1.28. The molecule has 102 valence electrons. The predicted octanol–water partition coefficient (Wildman–Crippen LogP) is 1.08. The average molecular weight is 265 g/mol. The zero-order chi connectivity index (χ0) is 14.6. The molecule has 0 bridgehead atoms. The quantitative estimate of drug-likeness (QED) is 0.830. The molecule has 1 atom stereocenters. The van der Waals surface area contributed by atoms with Crippen molar-refractivity contribution in [3.63, 3.8) is 0 Å². The van der Waals surface area contributed by atoms with Crippen LogP contribution in [0.2, 0.25) is 0 Å². The van der Waals surface area contributed by atoms with E-state index in [1.807, 2.05) is 0 Å². The number of hydrogen-bond acceptors (Lipinski definition) is 3. The Morgan fingerprint density at radius 3 is 2.11 bits per heavy atom. The van der Waals surface area contributed by atoms with Crippen LogP contribution in [0.1, 0.15) is 23.7 Å². The fourth-order valence-corrected chi connectivity index (χ4v) is 1.63. The summed E-state index contributed by atoms with van der Waals surface area (Å²) >= 11 is 0. The van der Waals surface area contributed by atoms with E-state index in [2.05, 4.69) is 0 Å². The normalized spacial score (nSPS) is 13.4. The van der Waals surface area contributed by atoms with Crippen LogP contribution < -0.4 is 0 Å². The van der Waals surface area contributed by atoms with E-state index in [9.17, 15) is 19.5 Å². The van der Waals surface area contributed by atoms with Crippen LogP contribution in [0.15, 0.2) is 30.3 Å². The second-order valence-corrected chi connectivity index (χ2v) is 4.38. The summed E-state index contributed by atoms with van der Waals surface area (Å²) in [5, 5.41) is 18.0. The lowest BCUT2D eigenvalue weighted by Gasteiger charge is -2.33. The molecular formula is C13H15NO5. The molecule has 0 aliphatic heterocycles. The van der Waals surface area contributed by atoms with Gasteiger partial charge in [0.2, 0.25) is 0 Å². The second-order valence-electron chi connectivity index (χ2n) is 4.38. The molecule has 19 heavy (non-hydrogen) atoms. The number of likely N-dealkylation sites (N-methyl/N-ethyl adjacent to an activating group) is 1. The SMILES string of the molecule is CN(C(=O)c1ccccc1)[C@@](C)(CC(=O)O)C(=O)O. The fraction of sp³-hybridized carbons (Fsp3) is 0.308. The van der Waals surface area contributed by atoms with Gasteiger partial charge in [0.1, 0.15) is 5.54 Å². The highest BCUT2D eigenvalue weighted by Gasteiger charge is 2.42. The number of benzene rings is 1. The van der Waals surface area contributed by atoms with Gasteiger partial charge >= 0.3 is 11.9 Å². The van der Waals surface area contributed by atoms with Gasteiger partial charge in [0.25, 0.3) is 5.91 Å². The molecule has 6 nitrogen and oxygen atoms in total. The Balaban J connectivity index is 3.07. The van der Waals surface area contributed by atoms with E-state index < -0.39 is 29.8 Å². The number of carbonyl (C=O) groups is 3. The lowest BCUT2D eigenvalue weighted by atomic mass is 9.95. The van der Waals surface area contributed by atoms with Crippen molar-refractivity contribution in [3.8, 4) is 0 Å². The van der Waals surface area contributed by atoms with Gasteiger partial charge in [-0.2, -0.15) is 0 Å². The van der Waals surface area contributed by atoms with Crippen LogP contribution in [-0.2, 0) is 9.59 Å². The van der Waals surface area contributed by atoms with Crippen LogP contribution in [0.5, 0.6) is 0 Å².